The van der Waals surface area contributed by atoms with E-state index in [-0.39, 0.29) is 52.1 Å². The Kier molecular flexibility index (Phi) is 16.0. The zero-order valence-electron chi connectivity index (χ0n) is 37.1. The molecule has 5 aromatic rings. The van der Waals surface area contributed by atoms with Crippen LogP contribution in [0.5, 0.6) is 5.75 Å². The van der Waals surface area contributed by atoms with Gasteiger partial charge in [0, 0.05) is 29.4 Å². The van der Waals surface area contributed by atoms with Crippen molar-refractivity contribution >= 4 is 58.7 Å². The van der Waals surface area contributed by atoms with E-state index in [0.717, 1.165) is 40.2 Å². The van der Waals surface area contributed by atoms with Gasteiger partial charge in [0.05, 0.1) is 33.3 Å². The number of ether oxygens (including phenoxy) is 3. The number of thioether (sulfide) groups is 2. The third-order valence-corrected chi connectivity index (χ3v) is 14.2. The lowest BCUT2D eigenvalue weighted by atomic mass is 9.77. The quantitative estimate of drug-likeness (QED) is 0.0415. The average molecular weight is 938 g/mol. The van der Waals surface area contributed by atoms with Crippen LogP contribution in [0, 0.1) is 10.8 Å². The van der Waals surface area contributed by atoms with E-state index in [1.54, 1.807) is 48.7 Å². The van der Waals surface area contributed by atoms with Gasteiger partial charge in [0.25, 0.3) is 5.56 Å². The standard InChI is InChI=1S/C45H56N5O11PS2/c1-43(2,3)40(53)63-25-23-58-62(55,59-24-26-64-41(54)44(4,5)6)60-27-33-35(51)36(57-8)39(61-33)50-28-46-34-37(50)47-42(48-38(34)52)49-45(29-15-11-9-12-16-29,30-17-13-10-14-18-30)31-19-21-32(56-7)22-20-31/h9-22,28,33,35-36,39,51H,23-27H2,1-8H3,(H2,47,48,49,52)/t33-,35-,36-,39-/m1/s1. The minimum Gasteiger partial charge on any atom is -0.497 e. The second-order valence-electron chi connectivity index (χ2n) is 17.0. The summed E-state index contributed by atoms with van der Waals surface area (Å²) >= 11 is 2.07. The Hall–Kier alpha value is -4.36. The van der Waals surface area contributed by atoms with Gasteiger partial charge in [0.1, 0.15) is 29.6 Å². The molecule has 6 rings (SSSR count). The van der Waals surface area contributed by atoms with E-state index >= 15 is 0 Å². The molecule has 1 saturated heterocycles. The van der Waals surface area contributed by atoms with Crippen LogP contribution < -0.4 is 15.6 Å². The van der Waals surface area contributed by atoms with Crippen LogP contribution in [0.1, 0.15) is 64.5 Å². The van der Waals surface area contributed by atoms with Crippen molar-refractivity contribution in [3.05, 3.63) is 118 Å². The van der Waals surface area contributed by atoms with Gasteiger partial charge in [-0.3, -0.25) is 37.5 Å². The largest absolute Gasteiger partial charge is 0.497 e. The number of nitrogens with zero attached hydrogens (tertiary/aromatic N) is 3. The van der Waals surface area contributed by atoms with Crippen LogP contribution in [0.25, 0.3) is 11.2 Å². The number of phosphoric acid groups is 1. The first-order valence-electron chi connectivity index (χ1n) is 20.7. The van der Waals surface area contributed by atoms with Crippen molar-refractivity contribution in [3.63, 3.8) is 0 Å². The topological polar surface area (TPSA) is 202 Å². The Morgan fingerprint density at radius 1 is 0.828 bits per heavy atom. The highest BCUT2D eigenvalue weighted by molar-refractivity contribution is 8.14. The monoisotopic (exact) mass is 937 g/mol. The fourth-order valence-electron chi connectivity index (χ4n) is 6.89. The first kappa shape index (κ1) is 49.1. The van der Waals surface area contributed by atoms with Crippen molar-refractivity contribution < 1.29 is 47.0 Å². The molecule has 3 N–H and O–H groups in total. The summed E-state index contributed by atoms with van der Waals surface area (Å²) < 4.78 is 50.1. The number of carbonyl (C=O) groups excluding carboxylic acids is 2. The zero-order chi connectivity index (χ0) is 46.3. The first-order chi connectivity index (χ1) is 30.4. The number of carbonyl (C=O) groups is 2. The summed E-state index contributed by atoms with van der Waals surface area (Å²) in [6, 6.07) is 27.1. The predicted molar refractivity (Wildman–Crippen MR) is 248 cm³/mol. The van der Waals surface area contributed by atoms with Crippen LogP contribution in [0.3, 0.4) is 0 Å². The van der Waals surface area contributed by atoms with Gasteiger partial charge in [0.15, 0.2) is 27.6 Å². The molecule has 4 atom stereocenters. The number of rotatable bonds is 19. The second-order valence-corrected chi connectivity index (χ2v) is 20.8. The highest BCUT2D eigenvalue weighted by atomic mass is 32.2. The Balaban J connectivity index is 1.28. The van der Waals surface area contributed by atoms with Gasteiger partial charge < -0.3 is 24.6 Å². The van der Waals surface area contributed by atoms with Gasteiger partial charge in [0.2, 0.25) is 5.95 Å². The number of anilines is 1. The normalized spacial score (nSPS) is 18.3. The predicted octanol–water partition coefficient (Wildman–Crippen LogP) is 7.58. The highest BCUT2D eigenvalue weighted by Gasteiger charge is 2.47. The molecule has 0 radical (unpaired) electrons. The number of imidazole rings is 1. The third-order valence-electron chi connectivity index (χ3n) is 10.3. The number of benzene rings is 3. The molecule has 3 aromatic carbocycles. The molecule has 1 aliphatic heterocycles. The number of aromatic amines is 1. The van der Waals surface area contributed by atoms with Crippen molar-refractivity contribution in [2.45, 2.75) is 71.6 Å². The molecule has 0 aliphatic carbocycles. The number of aliphatic hydroxyl groups is 1. The smallest absolute Gasteiger partial charge is 0.474 e. The molecule has 0 saturated carbocycles. The SMILES string of the molecule is COc1ccc(C(Nc2nc3c(ncn3[C@@H]3O[C@H](COP(=O)(OCCSC(=O)C(C)(C)C)OCCSC(=O)C(C)(C)C)[C@@H](O)[C@H]3OC)c(=O)[nH]2)(c2ccccc2)c2ccccc2)cc1. The fraction of sp³-hybridized carbons (Fsp3) is 0.444. The van der Waals surface area contributed by atoms with E-state index in [2.05, 4.69) is 15.3 Å². The van der Waals surface area contributed by atoms with E-state index in [0.29, 0.717) is 5.75 Å². The van der Waals surface area contributed by atoms with E-state index in [9.17, 15) is 24.1 Å². The number of hydrogen-bond acceptors (Lipinski definition) is 16. The number of nitrogens with one attached hydrogen (secondary N) is 2. The molecule has 0 bridgehead atoms. The summed E-state index contributed by atoms with van der Waals surface area (Å²) in [6.07, 6.45) is -3.22. The summed E-state index contributed by atoms with van der Waals surface area (Å²) in [5.74, 6) is 1.12. The molecule has 0 amide bonds. The maximum Gasteiger partial charge on any atom is 0.474 e. The molecule has 344 valence electrons. The van der Waals surface area contributed by atoms with Crippen LogP contribution in [-0.2, 0) is 42.7 Å². The van der Waals surface area contributed by atoms with Crippen molar-refractivity contribution in [2.75, 3.05) is 50.9 Å². The van der Waals surface area contributed by atoms with E-state index in [1.807, 2.05) is 84.9 Å². The molecule has 0 unspecified atom stereocenters. The van der Waals surface area contributed by atoms with Crippen LogP contribution in [-0.4, -0.2) is 98.7 Å². The molecule has 16 nitrogen and oxygen atoms in total. The molecule has 3 heterocycles. The summed E-state index contributed by atoms with van der Waals surface area (Å²) in [4.78, 5) is 50.9. The number of fused-ring (bicyclic) bond motifs is 1. The molecule has 64 heavy (non-hydrogen) atoms. The number of hydrogen-bond donors (Lipinski definition) is 3. The van der Waals surface area contributed by atoms with Gasteiger partial charge in [-0.15, -0.1) is 0 Å². The molecule has 1 fully saturated rings. The van der Waals surface area contributed by atoms with Gasteiger partial charge in [-0.2, -0.15) is 4.98 Å². The summed E-state index contributed by atoms with van der Waals surface area (Å²) in [5, 5.41) is 15.0. The maximum atomic E-state index is 14.0. The number of aromatic nitrogens is 4. The van der Waals surface area contributed by atoms with Gasteiger partial charge >= 0.3 is 7.82 Å². The Morgan fingerprint density at radius 3 is 1.86 bits per heavy atom. The van der Waals surface area contributed by atoms with Crippen LogP contribution in [0.4, 0.5) is 5.95 Å². The van der Waals surface area contributed by atoms with E-state index in [1.165, 1.54) is 18.0 Å². The molecule has 0 spiro atoms. The van der Waals surface area contributed by atoms with Crippen molar-refractivity contribution in [1.82, 2.24) is 19.5 Å². The van der Waals surface area contributed by atoms with Gasteiger partial charge in [-0.05, 0) is 28.8 Å². The fourth-order valence-corrected chi connectivity index (χ4v) is 9.89. The van der Waals surface area contributed by atoms with Gasteiger partial charge in [-0.1, -0.05) is 138 Å². The second kappa shape index (κ2) is 20.9. The average Bonchev–Trinajstić information content (AvgIpc) is 3.85. The number of H-pyrrole nitrogens is 1. The number of phosphoric ester groups is 1. The maximum absolute atomic E-state index is 14.0. The highest BCUT2D eigenvalue weighted by Crippen LogP contribution is 2.51. The molecular formula is C45H56N5O11PS2. The Bertz CT molecular complexity index is 2380. The minimum absolute atomic E-state index is 0.00425. The Morgan fingerprint density at radius 2 is 1.36 bits per heavy atom. The third kappa shape index (κ3) is 11.4. The summed E-state index contributed by atoms with van der Waals surface area (Å²) in [5.41, 5.74) is -0.135. The van der Waals surface area contributed by atoms with E-state index in [4.69, 9.17) is 32.8 Å². The van der Waals surface area contributed by atoms with E-state index < -0.39 is 60.9 Å². The summed E-state index contributed by atoms with van der Waals surface area (Å²) in [6.45, 7) is 10.0. The Labute approximate surface area is 381 Å². The van der Waals surface area contributed by atoms with Crippen LogP contribution in [0.2, 0.25) is 0 Å². The molecular weight excluding hydrogens is 882 g/mol. The lowest BCUT2D eigenvalue weighted by Gasteiger charge is -2.37. The number of aliphatic hydroxyl groups excluding tert-OH is 1. The van der Waals surface area contributed by atoms with Gasteiger partial charge in [-0.25, -0.2) is 9.55 Å². The lowest BCUT2D eigenvalue weighted by molar-refractivity contribution is -0.118. The van der Waals surface area contributed by atoms with Crippen molar-refractivity contribution in [3.8, 4) is 5.75 Å². The van der Waals surface area contributed by atoms with Crippen LogP contribution >= 0.6 is 31.3 Å². The zero-order valence-corrected chi connectivity index (χ0v) is 39.7. The molecule has 1 aliphatic rings. The number of methoxy groups -OCH3 is 2. The van der Waals surface area contributed by atoms with Crippen molar-refractivity contribution in [2.24, 2.45) is 10.8 Å². The molecule has 19 heteroatoms. The summed E-state index contributed by atoms with van der Waals surface area (Å²) in [7, 11) is -1.34. The lowest BCUT2D eigenvalue weighted by Crippen LogP contribution is -2.39. The van der Waals surface area contributed by atoms with Crippen molar-refractivity contribution in [1.29, 1.82) is 0 Å². The molecule has 2 aromatic heterocycles. The van der Waals surface area contributed by atoms with Crippen LogP contribution in [0.15, 0.2) is 96.1 Å². The first-order valence-corrected chi connectivity index (χ1v) is 24.1. The minimum atomic E-state index is -4.33.